The maximum Gasteiger partial charge on any atom is 0.324 e. The first-order valence-corrected chi connectivity index (χ1v) is 8.69. The van der Waals surface area contributed by atoms with Crippen molar-refractivity contribution in [2.75, 3.05) is 13.7 Å². The summed E-state index contributed by atoms with van der Waals surface area (Å²) in [5.74, 6) is -0.280. The third-order valence-electron chi connectivity index (χ3n) is 4.95. The molecular formula is C23H20NO2. The smallest absolute Gasteiger partial charge is 0.324 e. The predicted octanol–water partition coefficient (Wildman–Crippen LogP) is 3.80. The monoisotopic (exact) mass is 342 g/mol. The molecule has 0 saturated carbocycles. The van der Waals surface area contributed by atoms with Gasteiger partial charge in [0.05, 0.1) is 7.11 Å². The van der Waals surface area contributed by atoms with E-state index in [1.165, 1.54) is 12.7 Å². The predicted molar refractivity (Wildman–Crippen MR) is 101 cm³/mol. The lowest BCUT2D eigenvalue weighted by Gasteiger charge is -2.32. The van der Waals surface area contributed by atoms with Gasteiger partial charge in [-0.25, -0.2) is 0 Å². The second-order valence-electron chi connectivity index (χ2n) is 6.52. The first kappa shape index (κ1) is 16.4. The highest BCUT2D eigenvalue weighted by Gasteiger charge is 2.41. The topological polar surface area (TPSA) is 29.5 Å². The number of fused-ring (bicyclic) bond motifs is 1. The van der Waals surface area contributed by atoms with Gasteiger partial charge in [-0.2, -0.15) is 0 Å². The van der Waals surface area contributed by atoms with Crippen LogP contribution in [0.15, 0.2) is 90.2 Å². The summed E-state index contributed by atoms with van der Waals surface area (Å²) in [5.41, 5.74) is 3.30. The van der Waals surface area contributed by atoms with Gasteiger partial charge in [0.15, 0.2) is 0 Å². The van der Waals surface area contributed by atoms with E-state index >= 15 is 0 Å². The number of ether oxygens (including phenoxy) is 1. The second kappa shape index (κ2) is 6.68. The molecule has 0 saturated heterocycles. The van der Waals surface area contributed by atoms with Crippen LogP contribution in [0.1, 0.15) is 11.1 Å². The van der Waals surface area contributed by atoms with Gasteiger partial charge in [-0.05, 0) is 23.3 Å². The van der Waals surface area contributed by atoms with Gasteiger partial charge >= 0.3 is 5.97 Å². The fraction of sp³-hybridized carbons (Fsp3) is 0.174. The molecule has 26 heavy (non-hydrogen) atoms. The molecule has 1 aliphatic carbocycles. The molecule has 1 aliphatic heterocycles. The Hall–Kier alpha value is -3.07. The Morgan fingerprint density at radius 2 is 1.81 bits per heavy atom. The first-order chi connectivity index (χ1) is 12.7. The molecule has 129 valence electrons. The summed E-state index contributed by atoms with van der Waals surface area (Å²) in [4.78, 5) is 15.0. The van der Waals surface area contributed by atoms with Crippen molar-refractivity contribution in [3.63, 3.8) is 0 Å². The van der Waals surface area contributed by atoms with E-state index in [1.807, 2.05) is 66.8 Å². The van der Waals surface area contributed by atoms with E-state index in [2.05, 4.69) is 23.1 Å². The summed E-state index contributed by atoms with van der Waals surface area (Å²) in [6.07, 6.45) is 9.34. The van der Waals surface area contributed by atoms with Crippen molar-refractivity contribution in [2.24, 2.45) is 0 Å². The third kappa shape index (κ3) is 2.76. The van der Waals surface area contributed by atoms with Gasteiger partial charge in [0.25, 0.3) is 0 Å². The van der Waals surface area contributed by atoms with E-state index < -0.39 is 5.41 Å². The highest BCUT2D eigenvalue weighted by Crippen LogP contribution is 2.39. The van der Waals surface area contributed by atoms with Gasteiger partial charge in [-0.3, -0.25) is 4.79 Å². The van der Waals surface area contributed by atoms with E-state index in [4.69, 9.17) is 4.74 Å². The number of allylic oxidation sites excluding steroid dienone is 1. The Bertz CT molecular complexity index is 896. The van der Waals surface area contributed by atoms with Crippen molar-refractivity contribution in [3.05, 3.63) is 107 Å². The van der Waals surface area contributed by atoms with Crippen LogP contribution < -0.4 is 0 Å². The van der Waals surface area contributed by atoms with Crippen LogP contribution in [0.3, 0.4) is 0 Å². The summed E-state index contributed by atoms with van der Waals surface area (Å²) in [6.45, 7) is 1.50. The number of carbonyl (C=O) groups excluding carboxylic acids is 1. The Balaban J connectivity index is 1.74. The van der Waals surface area contributed by atoms with Gasteiger partial charge < -0.3 is 9.64 Å². The van der Waals surface area contributed by atoms with Gasteiger partial charge in [-0.15, -0.1) is 0 Å². The summed E-state index contributed by atoms with van der Waals surface area (Å²) in [7, 11) is 1.44. The van der Waals surface area contributed by atoms with Crippen LogP contribution >= 0.6 is 0 Å². The molecule has 2 aromatic rings. The molecule has 0 spiro atoms. The molecule has 3 nitrogen and oxygen atoms in total. The fourth-order valence-corrected chi connectivity index (χ4v) is 3.57. The maximum atomic E-state index is 12.8. The molecule has 1 heterocycles. The van der Waals surface area contributed by atoms with E-state index in [0.717, 1.165) is 23.4 Å². The summed E-state index contributed by atoms with van der Waals surface area (Å²) >= 11 is 0. The molecule has 0 amide bonds. The van der Waals surface area contributed by atoms with Gasteiger partial charge in [-0.1, -0.05) is 72.8 Å². The van der Waals surface area contributed by atoms with E-state index in [0.29, 0.717) is 6.54 Å². The molecule has 2 aromatic carbocycles. The van der Waals surface area contributed by atoms with E-state index in [1.54, 1.807) is 0 Å². The number of nitrogens with zero attached hydrogens (tertiary/aromatic N) is 1. The summed E-state index contributed by atoms with van der Waals surface area (Å²) < 4.78 is 5.17. The first-order valence-electron chi connectivity index (χ1n) is 8.69. The van der Waals surface area contributed by atoms with Crippen molar-refractivity contribution in [2.45, 2.75) is 12.0 Å². The average Bonchev–Trinajstić information content (AvgIpc) is 3.10. The molecule has 1 atom stereocenters. The number of esters is 1. The van der Waals surface area contributed by atoms with Crippen LogP contribution in [0.5, 0.6) is 0 Å². The lowest BCUT2D eigenvalue weighted by molar-refractivity contribution is -0.144. The Kier molecular flexibility index (Phi) is 4.21. The van der Waals surface area contributed by atoms with Crippen molar-refractivity contribution >= 4 is 5.97 Å². The maximum absolute atomic E-state index is 12.8. The zero-order valence-electron chi connectivity index (χ0n) is 14.7. The molecule has 2 aliphatic rings. The largest absolute Gasteiger partial charge is 0.468 e. The molecular weight excluding hydrogens is 322 g/mol. The number of benzene rings is 2. The van der Waals surface area contributed by atoms with Crippen LogP contribution in [-0.4, -0.2) is 24.5 Å². The number of hydrogen-bond acceptors (Lipinski definition) is 3. The van der Waals surface area contributed by atoms with Gasteiger partial charge in [0.1, 0.15) is 5.41 Å². The van der Waals surface area contributed by atoms with Crippen LogP contribution in [0.25, 0.3) is 0 Å². The van der Waals surface area contributed by atoms with Gasteiger partial charge in [0.2, 0.25) is 0 Å². The third-order valence-corrected chi connectivity index (χ3v) is 4.95. The summed E-state index contributed by atoms with van der Waals surface area (Å²) in [5, 5.41) is 0. The second-order valence-corrected chi connectivity index (χ2v) is 6.52. The minimum atomic E-state index is -0.907. The van der Waals surface area contributed by atoms with Crippen LogP contribution in [0.4, 0.5) is 0 Å². The Morgan fingerprint density at radius 3 is 2.50 bits per heavy atom. The lowest BCUT2D eigenvalue weighted by atomic mass is 9.76. The summed E-state index contributed by atoms with van der Waals surface area (Å²) in [6, 6.07) is 20.1. The van der Waals surface area contributed by atoms with Crippen molar-refractivity contribution < 1.29 is 9.53 Å². The molecule has 0 N–H and O–H groups in total. The van der Waals surface area contributed by atoms with Gasteiger partial charge in [0, 0.05) is 24.4 Å². The minimum Gasteiger partial charge on any atom is -0.468 e. The number of hydrogen-bond donors (Lipinski definition) is 0. The number of rotatable bonds is 4. The number of carbonyl (C=O) groups is 1. The fourth-order valence-electron chi connectivity index (χ4n) is 3.57. The quantitative estimate of drug-likeness (QED) is 0.792. The molecule has 0 bridgehead atoms. The zero-order valence-corrected chi connectivity index (χ0v) is 14.7. The van der Waals surface area contributed by atoms with Crippen molar-refractivity contribution in [1.29, 1.82) is 0 Å². The Labute approximate surface area is 153 Å². The number of methoxy groups -OCH3 is 1. The van der Waals surface area contributed by atoms with Crippen LogP contribution in [-0.2, 0) is 21.5 Å². The van der Waals surface area contributed by atoms with Crippen LogP contribution in [0.2, 0.25) is 0 Å². The highest BCUT2D eigenvalue weighted by molar-refractivity contribution is 5.90. The molecule has 1 radical (unpaired) electrons. The normalized spacial score (nSPS) is 21.0. The molecule has 4 rings (SSSR count). The molecule has 3 heteroatoms. The SMILES string of the molecule is COC(=O)C1(c2ccccc2)C=CC2=[C]CN(Cc3ccccc3)C2=C1. The molecule has 0 aromatic heterocycles. The van der Waals surface area contributed by atoms with Crippen LogP contribution in [0, 0.1) is 6.08 Å². The van der Waals surface area contributed by atoms with E-state index in [9.17, 15) is 4.79 Å². The van der Waals surface area contributed by atoms with E-state index in [-0.39, 0.29) is 5.97 Å². The van der Waals surface area contributed by atoms with Crippen molar-refractivity contribution in [3.8, 4) is 0 Å². The average molecular weight is 342 g/mol. The minimum absolute atomic E-state index is 0.280. The molecule has 0 fully saturated rings. The Morgan fingerprint density at radius 1 is 1.12 bits per heavy atom. The zero-order chi connectivity index (χ0) is 18.0. The lowest BCUT2D eigenvalue weighted by Crippen LogP contribution is -2.36. The standard InChI is InChI=1S/C23H20NO2/c1-26-22(25)23(20-10-6-3-7-11-20)14-12-19-13-15-24(21(19)16-23)17-18-8-4-2-5-9-18/h2-12,14,16H,15,17H2,1H3. The highest BCUT2D eigenvalue weighted by atomic mass is 16.5. The van der Waals surface area contributed by atoms with Crippen molar-refractivity contribution in [1.82, 2.24) is 4.90 Å². The molecule has 1 unspecified atom stereocenters.